The van der Waals surface area contributed by atoms with Gasteiger partial charge in [-0.05, 0) is 16.3 Å². The summed E-state index contributed by atoms with van der Waals surface area (Å²) in [7, 11) is -3.15. The highest BCUT2D eigenvalue weighted by Crippen LogP contribution is 2.34. The Morgan fingerprint density at radius 3 is 2.80 bits per heavy atom. The SMILES string of the molecule is CS(=O)(=O)NC[C@@H]1CO[C@H]2CN(Cc3cccc4ccccc34)C[C@@H]12. The second-order valence-electron chi connectivity index (χ2n) is 7.25. The van der Waals surface area contributed by atoms with Gasteiger partial charge >= 0.3 is 0 Å². The van der Waals surface area contributed by atoms with Gasteiger partial charge in [0.15, 0.2) is 0 Å². The molecule has 0 bridgehead atoms. The summed E-state index contributed by atoms with van der Waals surface area (Å²) in [4.78, 5) is 2.43. The monoisotopic (exact) mass is 360 g/mol. The first-order valence-corrected chi connectivity index (χ1v) is 10.6. The van der Waals surface area contributed by atoms with Crippen molar-refractivity contribution in [2.75, 3.05) is 32.5 Å². The Morgan fingerprint density at radius 1 is 1.16 bits per heavy atom. The number of fused-ring (bicyclic) bond motifs is 2. The molecule has 0 amide bonds. The molecule has 3 atom stereocenters. The number of nitrogens with one attached hydrogen (secondary N) is 1. The molecule has 0 unspecified atom stereocenters. The minimum absolute atomic E-state index is 0.223. The topological polar surface area (TPSA) is 58.6 Å². The summed E-state index contributed by atoms with van der Waals surface area (Å²) in [6, 6.07) is 14.9. The van der Waals surface area contributed by atoms with Crippen LogP contribution < -0.4 is 4.72 Å². The largest absolute Gasteiger partial charge is 0.376 e. The molecule has 2 aliphatic heterocycles. The molecular formula is C19H24N2O3S. The summed E-state index contributed by atoms with van der Waals surface area (Å²) in [5, 5.41) is 2.57. The maximum absolute atomic E-state index is 11.3. The lowest BCUT2D eigenvalue weighted by Crippen LogP contribution is -2.33. The van der Waals surface area contributed by atoms with Gasteiger partial charge in [-0.3, -0.25) is 4.90 Å². The van der Waals surface area contributed by atoms with Crippen molar-refractivity contribution in [3.05, 3.63) is 48.0 Å². The fraction of sp³-hybridized carbons (Fsp3) is 0.474. The van der Waals surface area contributed by atoms with Gasteiger partial charge in [0.05, 0.1) is 19.0 Å². The highest BCUT2D eigenvalue weighted by molar-refractivity contribution is 7.88. The van der Waals surface area contributed by atoms with Crippen LogP contribution >= 0.6 is 0 Å². The Balaban J connectivity index is 1.44. The summed E-state index contributed by atoms with van der Waals surface area (Å²) in [5.74, 6) is 0.668. The molecule has 0 aromatic heterocycles. The smallest absolute Gasteiger partial charge is 0.208 e. The van der Waals surface area contributed by atoms with E-state index in [-0.39, 0.29) is 12.0 Å². The number of likely N-dealkylation sites (tertiary alicyclic amines) is 1. The van der Waals surface area contributed by atoms with Gasteiger partial charge in [0.25, 0.3) is 0 Å². The van der Waals surface area contributed by atoms with Crippen molar-refractivity contribution < 1.29 is 13.2 Å². The molecule has 0 aliphatic carbocycles. The predicted octanol–water partition coefficient (Wildman–Crippen LogP) is 1.84. The van der Waals surface area contributed by atoms with E-state index in [2.05, 4.69) is 52.1 Å². The van der Waals surface area contributed by atoms with Crippen LogP contribution in [0.4, 0.5) is 0 Å². The van der Waals surface area contributed by atoms with Crippen LogP contribution in [0.1, 0.15) is 5.56 Å². The van der Waals surface area contributed by atoms with Crippen LogP contribution in [0.25, 0.3) is 10.8 Å². The Kier molecular flexibility index (Phi) is 4.54. The van der Waals surface area contributed by atoms with E-state index in [4.69, 9.17) is 4.74 Å². The molecule has 4 rings (SSSR count). The van der Waals surface area contributed by atoms with Crippen molar-refractivity contribution in [2.45, 2.75) is 12.6 Å². The van der Waals surface area contributed by atoms with E-state index in [1.807, 2.05) is 0 Å². The Labute approximate surface area is 149 Å². The highest BCUT2D eigenvalue weighted by atomic mass is 32.2. The first-order chi connectivity index (χ1) is 12.0. The standard InChI is InChI=1S/C19H24N2O3S/c1-25(22,23)20-9-16-13-24-19-12-21(11-18(16)19)10-15-7-4-6-14-5-2-3-8-17(14)15/h2-8,16,18-20H,9-13H2,1H3/t16-,18+,19+/m1/s1. The Hall–Kier alpha value is -1.47. The van der Waals surface area contributed by atoms with Crippen molar-refractivity contribution in [3.63, 3.8) is 0 Å². The average Bonchev–Trinajstić information content (AvgIpc) is 3.13. The van der Waals surface area contributed by atoms with Crippen LogP contribution in [0.15, 0.2) is 42.5 Å². The van der Waals surface area contributed by atoms with Crippen LogP contribution in [0.2, 0.25) is 0 Å². The molecule has 6 heteroatoms. The molecule has 25 heavy (non-hydrogen) atoms. The molecule has 5 nitrogen and oxygen atoms in total. The van der Waals surface area contributed by atoms with Gasteiger partial charge < -0.3 is 4.74 Å². The fourth-order valence-electron chi connectivity index (χ4n) is 4.15. The van der Waals surface area contributed by atoms with E-state index < -0.39 is 10.0 Å². The summed E-state index contributed by atoms with van der Waals surface area (Å²) in [6.45, 7) is 3.92. The molecular weight excluding hydrogens is 336 g/mol. The summed E-state index contributed by atoms with van der Waals surface area (Å²) < 4.78 is 31.3. The second-order valence-corrected chi connectivity index (χ2v) is 9.08. The van der Waals surface area contributed by atoms with Crippen LogP contribution in [-0.4, -0.2) is 51.9 Å². The lowest BCUT2D eigenvalue weighted by atomic mass is 9.93. The normalized spacial score (nSPS) is 27.0. The van der Waals surface area contributed by atoms with Crippen LogP contribution in [0.3, 0.4) is 0 Å². The summed E-state index contributed by atoms with van der Waals surface area (Å²) in [5.41, 5.74) is 1.34. The molecule has 0 radical (unpaired) electrons. The molecule has 134 valence electrons. The molecule has 2 aromatic rings. The van der Waals surface area contributed by atoms with Crippen molar-refractivity contribution in [2.24, 2.45) is 11.8 Å². The number of hydrogen-bond acceptors (Lipinski definition) is 4. The summed E-state index contributed by atoms with van der Waals surface area (Å²) in [6.07, 6.45) is 1.43. The third-order valence-corrected chi connectivity index (χ3v) is 6.09. The maximum atomic E-state index is 11.3. The fourth-order valence-corrected chi connectivity index (χ4v) is 4.67. The van der Waals surface area contributed by atoms with Gasteiger partial charge in [0, 0.05) is 38.0 Å². The number of rotatable bonds is 5. The Morgan fingerprint density at radius 2 is 1.96 bits per heavy atom. The van der Waals surface area contributed by atoms with Gasteiger partial charge in [-0.25, -0.2) is 13.1 Å². The first kappa shape index (κ1) is 17.0. The molecule has 2 saturated heterocycles. The second kappa shape index (κ2) is 6.68. The van der Waals surface area contributed by atoms with Crippen LogP contribution in [0.5, 0.6) is 0 Å². The molecule has 1 N–H and O–H groups in total. The van der Waals surface area contributed by atoms with Gasteiger partial charge in [-0.15, -0.1) is 0 Å². The lowest BCUT2D eigenvalue weighted by molar-refractivity contribution is 0.0943. The van der Waals surface area contributed by atoms with Crippen LogP contribution in [0, 0.1) is 11.8 Å². The van der Waals surface area contributed by atoms with E-state index in [0.29, 0.717) is 19.1 Å². The molecule has 2 aromatic carbocycles. The van der Waals surface area contributed by atoms with Gasteiger partial charge in [-0.2, -0.15) is 0 Å². The zero-order valence-corrected chi connectivity index (χ0v) is 15.2. The summed E-state index contributed by atoms with van der Waals surface area (Å²) >= 11 is 0. The third-order valence-electron chi connectivity index (χ3n) is 5.40. The number of hydrogen-bond donors (Lipinski definition) is 1. The minimum Gasteiger partial charge on any atom is -0.376 e. The molecule has 2 fully saturated rings. The number of nitrogens with zero attached hydrogens (tertiary/aromatic N) is 1. The van der Waals surface area contributed by atoms with E-state index in [1.165, 1.54) is 22.6 Å². The lowest BCUT2D eigenvalue weighted by Gasteiger charge is -2.20. The van der Waals surface area contributed by atoms with Crippen molar-refractivity contribution >= 4 is 20.8 Å². The van der Waals surface area contributed by atoms with E-state index in [0.717, 1.165) is 19.6 Å². The Bertz CT molecular complexity index is 863. The van der Waals surface area contributed by atoms with E-state index >= 15 is 0 Å². The average molecular weight is 360 g/mol. The molecule has 2 heterocycles. The number of benzene rings is 2. The molecule has 0 saturated carbocycles. The van der Waals surface area contributed by atoms with Crippen molar-refractivity contribution in [1.82, 2.24) is 9.62 Å². The van der Waals surface area contributed by atoms with E-state index in [9.17, 15) is 8.42 Å². The molecule has 2 aliphatic rings. The van der Waals surface area contributed by atoms with Crippen LogP contribution in [-0.2, 0) is 21.3 Å². The molecule has 0 spiro atoms. The number of ether oxygens (including phenoxy) is 1. The third kappa shape index (κ3) is 3.72. The predicted molar refractivity (Wildman–Crippen MR) is 98.8 cm³/mol. The highest BCUT2D eigenvalue weighted by Gasteiger charge is 2.43. The zero-order chi connectivity index (χ0) is 17.4. The first-order valence-electron chi connectivity index (χ1n) is 8.75. The van der Waals surface area contributed by atoms with Gasteiger partial charge in [-0.1, -0.05) is 42.5 Å². The van der Waals surface area contributed by atoms with Crippen molar-refractivity contribution in [3.8, 4) is 0 Å². The van der Waals surface area contributed by atoms with Crippen molar-refractivity contribution in [1.29, 1.82) is 0 Å². The van der Waals surface area contributed by atoms with E-state index in [1.54, 1.807) is 0 Å². The van der Waals surface area contributed by atoms with Gasteiger partial charge in [0.1, 0.15) is 0 Å². The number of sulfonamides is 1. The zero-order valence-electron chi connectivity index (χ0n) is 14.4. The quantitative estimate of drug-likeness (QED) is 0.884. The maximum Gasteiger partial charge on any atom is 0.208 e. The minimum atomic E-state index is -3.15. The van der Waals surface area contributed by atoms with Gasteiger partial charge in [0.2, 0.25) is 10.0 Å².